The van der Waals surface area contributed by atoms with Crippen LogP contribution < -0.4 is 10.1 Å². The number of amides is 3. The van der Waals surface area contributed by atoms with E-state index in [-0.39, 0.29) is 12.5 Å². The SMILES string of the molecule is C=C(C)COc1ccc(C2(C)NC(=O)N(Cc3ccc(C(=O)OC)cc3)C2=O)cc1. The Morgan fingerprint density at radius 2 is 1.73 bits per heavy atom. The molecular formula is C23H24N2O5. The second-order valence-corrected chi connectivity index (χ2v) is 7.41. The number of rotatable bonds is 7. The van der Waals surface area contributed by atoms with E-state index in [9.17, 15) is 14.4 Å². The summed E-state index contributed by atoms with van der Waals surface area (Å²) < 4.78 is 10.3. The molecule has 0 radical (unpaired) electrons. The van der Waals surface area contributed by atoms with Crippen molar-refractivity contribution in [1.29, 1.82) is 0 Å². The maximum Gasteiger partial charge on any atom is 0.337 e. The van der Waals surface area contributed by atoms with Crippen molar-refractivity contribution in [1.82, 2.24) is 10.2 Å². The normalized spacial score (nSPS) is 18.2. The van der Waals surface area contributed by atoms with Crippen molar-refractivity contribution in [2.75, 3.05) is 13.7 Å². The van der Waals surface area contributed by atoms with Gasteiger partial charge in [-0.15, -0.1) is 0 Å². The Morgan fingerprint density at radius 3 is 2.30 bits per heavy atom. The van der Waals surface area contributed by atoms with Crippen LogP contribution in [-0.2, 0) is 21.6 Å². The van der Waals surface area contributed by atoms with E-state index < -0.39 is 17.5 Å². The number of imide groups is 1. The fourth-order valence-electron chi connectivity index (χ4n) is 3.17. The topological polar surface area (TPSA) is 84.9 Å². The van der Waals surface area contributed by atoms with E-state index in [1.54, 1.807) is 55.5 Å². The minimum Gasteiger partial charge on any atom is -0.489 e. The molecule has 7 nitrogen and oxygen atoms in total. The maximum absolute atomic E-state index is 13.1. The van der Waals surface area contributed by atoms with Crippen LogP contribution in [0.25, 0.3) is 0 Å². The van der Waals surface area contributed by atoms with Crippen LogP contribution in [0.2, 0.25) is 0 Å². The van der Waals surface area contributed by atoms with Gasteiger partial charge in [0.2, 0.25) is 0 Å². The molecule has 0 aliphatic carbocycles. The number of nitrogens with zero attached hydrogens (tertiary/aromatic N) is 1. The molecule has 1 aliphatic rings. The number of carbonyl (C=O) groups is 3. The van der Waals surface area contributed by atoms with Gasteiger partial charge in [0.15, 0.2) is 0 Å². The van der Waals surface area contributed by atoms with Crippen molar-refractivity contribution < 1.29 is 23.9 Å². The Hall–Kier alpha value is -3.61. The summed E-state index contributed by atoms with van der Waals surface area (Å²) in [5.41, 5.74) is 1.51. The quantitative estimate of drug-likeness (QED) is 0.431. The second kappa shape index (κ2) is 8.41. The zero-order valence-corrected chi connectivity index (χ0v) is 17.2. The molecular weight excluding hydrogens is 384 g/mol. The highest BCUT2D eigenvalue weighted by Crippen LogP contribution is 2.31. The summed E-state index contributed by atoms with van der Waals surface area (Å²) in [6.07, 6.45) is 0. The van der Waals surface area contributed by atoms with Crippen LogP contribution in [0.5, 0.6) is 5.75 Å². The first kappa shape index (κ1) is 21.1. The number of hydrogen-bond acceptors (Lipinski definition) is 5. The van der Waals surface area contributed by atoms with Crippen molar-refractivity contribution in [3.05, 3.63) is 77.4 Å². The third kappa shape index (κ3) is 4.20. The first-order valence-electron chi connectivity index (χ1n) is 9.43. The summed E-state index contributed by atoms with van der Waals surface area (Å²) in [6, 6.07) is 13.2. The predicted octanol–water partition coefficient (Wildman–Crippen LogP) is 3.40. The van der Waals surface area contributed by atoms with E-state index in [1.165, 1.54) is 12.0 Å². The Labute approximate surface area is 175 Å². The molecule has 2 aromatic carbocycles. The van der Waals surface area contributed by atoms with Gasteiger partial charge in [0, 0.05) is 0 Å². The molecule has 1 saturated heterocycles. The summed E-state index contributed by atoms with van der Waals surface area (Å²) in [5, 5.41) is 2.78. The fraction of sp³-hybridized carbons (Fsp3) is 0.261. The van der Waals surface area contributed by atoms with Gasteiger partial charge in [-0.3, -0.25) is 9.69 Å². The van der Waals surface area contributed by atoms with E-state index in [0.717, 1.165) is 11.1 Å². The lowest BCUT2D eigenvalue weighted by molar-refractivity contribution is -0.131. The van der Waals surface area contributed by atoms with Gasteiger partial charge in [-0.2, -0.15) is 0 Å². The van der Waals surface area contributed by atoms with E-state index in [2.05, 4.69) is 16.6 Å². The first-order valence-corrected chi connectivity index (χ1v) is 9.43. The van der Waals surface area contributed by atoms with Crippen molar-refractivity contribution >= 4 is 17.9 Å². The molecule has 2 aromatic rings. The van der Waals surface area contributed by atoms with E-state index in [1.807, 2.05) is 6.92 Å². The Morgan fingerprint density at radius 1 is 1.10 bits per heavy atom. The Balaban J connectivity index is 1.74. The lowest BCUT2D eigenvalue weighted by Gasteiger charge is -2.22. The molecule has 1 atom stereocenters. The average Bonchev–Trinajstić information content (AvgIpc) is 2.96. The number of urea groups is 1. The molecule has 1 heterocycles. The van der Waals surface area contributed by atoms with Gasteiger partial charge in [0.05, 0.1) is 19.2 Å². The zero-order valence-electron chi connectivity index (χ0n) is 17.2. The molecule has 0 spiro atoms. The van der Waals surface area contributed by atoms with Gasteiger partial charge in [0.25, 0.3) is 5.91 Å². The first-order chi connectivity index (χ1) is 14.2. The van der Waals surface area contributed by atoms with Crippen LogP contribution >= 0.6 is 0 Å². The molecule has 3 rings (SSSR count). The van der Waals surface area contributed by atoms with E-state index in [4.69, 9.17) is 4.74 Å². The van der Waals surface area contributed by atoms with Crippen molar-refractivity contribution in [3.8, 4) is 5.75 Å². The summed E-state index contributed by atoms with van der Waals surface area (Å²) in [6.45, 7) is 7.86. The molecule has 0 aromatic heterocycles. The van der Waals surface area contributed by atoms with Crippen molar-refractivity contribution in [2.24, 2.45) is 0 Å². The third-order valence-electron chi connectivity index (χ3n) is 4.91. The summed E-state index contributed by atoms with van der Waals surface area (Å²) in [7, 11) is 1.31. The van der Waals surface area contributed by atoms with Crippen LogP contribution in [-0.4, -0.2) is 36.5 Å². The summed E-state index contributed by atoms with van der Waals surface area (Å²) in [4.78, 5) is 38.3. The van der Waals surface area contributed by atoms with E-state index >= 15 is 0 Å². The third-order valence-corrected chi connectivity index (χ3v) is 4.91. The highest BCUT2D eigenvalue weighted by Gasteiger charge is 2.48. The van der Waals surface area contributed by atoms with Crippen LogP contribution in [0, 0.1) is 0 Å². The lowest BCUT2D eigenvalue weighted by atomic mass is 9.92. The maximum atomic E-state index is 13.1. The largest absolute Gasteiger partial charge is 0.489 e. The molecule has 1 fully saturated rings. The molecule has 1 unspecified atom stereocenters. The van der Waals surface area contributed by atoms with Crippen LogP contribution in [0.1, 0.15) is 35.3 Å². The van der Waals surface area contributed by atoms with Gasteiger partial charge in [-0.1, -0.05) is 30.8 Å². The fourth-order valence-corrected chi connectivity index (χ4v) is 3.17. The Bertz CT molecular complexity index is 982. The summed E-state index contributed by atoms with van der Waals surface area (Å²) >= 11 is 0. The van der Waals surface area contributed by atoms with Gasteiger partial charge in [-0.25, -0.2) is 9.59 Å². The number of methoxy groups -OCH3 is 1. The highest BCUT2D eigenvalue weighted by molar-refractivity contribution is 6.07. The minimum absolute atomic E-state index is 0.0987. The van der Waals surface area contributed by atoms with Crippen molar-refractivity contribution in [3.63, 3.8) is 0 Å². The monoisotopic (exact) mass is 408 g/mol. The number of benzene rings is 2. The highest BCUT2D eigenvalue weighted by atomic mass is 16.5. The minimum atomic E-state index is -1.17. The number of carbonyl (C=O) groups excluding carboxylic acids is 3. The number of hydrogen-bond donors (Lipinski definition) is 1. The molecule has 0 saturated carbocycles. The molecule has 3 amide bonds. The van der Waals surface area contributed by atoms with Gasteiger partial charge >= 0.3 is 12.0 Å². The zero-order chi connectivity index (χ0) is 21.9. The van der Waals surface area contributed by atoms with Crippen molar-refractivity contribution in [2.45, 2.75) is 25.9 Å². The molecule has 156 valence electrons. The number of esters is 1. The van der Waals surface area contributed by atoms with Gasteiger partial charge in [-0.05, 0) is 54.8 Å². The van der Waals surface area contributed by atoms with Gasteiger partial charge in [0.1, 0.15) is 17.9 Å². The lowest BCUT2D eigenvalue weighted by Crippen LogP contribution is -2.40. The smallest absolute Gasteiger partial charge is 0.337 e. The molecule has 1 aliphatic heterocycles. The number of ether oxygens (including phenoxy) is 2. The Kier molecular flexibility index (Phi) is 5.91. The van der Waals surface area contributed by atoms with E-state index in [0.29, 0.717) is 23.5 Å². The number of nitrogens with one attached hydrogen (secondary N) is 1. The summed E-state index contributed by atoms with van der Waals surface area (Å²) in [5.74, 6) is -0.135. The molecule has 0 bridgehead atoms. The molecule has 7 heteroatoms. The second-order valence-electron chi connectivity index (χ2n) is 7.41. The van der Waals surface area contributed by atoms with Gasteiger partial charge < -0.3 is 14.8 Å². The standard InChI is InChI=1S/C23H24N2O5/c1-15(2)14-30-19-11-9-18(10-12-19)23(3)21(27)25(22(28)24-23)13-16-5-7-17(8-6-16)20(26)29-4/h5-12H,1,13-14H2,2-4H3,(H,24,28). The average molecular weight is 408 g/mol. The molecule has 30 heavy (non-hydrogen) atoms. The van der Waals surface area contributed by atoms with Crippen LogP contribution in [0.15, 0.2) is 60.7 Å². The van der Waals surface area contributed by atoms with Crippen LogP contribution in [0.4, 0.5) is 4.79 Å². The molecule has 1 N–H and O–H groups in total. The van der Waals surface area contributed by atoms with Crippen LogP contribution in [0.3, 0.4) is 0 Å². The predicted molar refractivity (Wildman–Crippen MR) is 111 cm³/mol.